The predicted octanol–water partition coefficient (Wildman–Crippen LogP) is 0.363. The molecule has 1 atom stereocenters. The molecule has 0 saturated carbocycles. The van der Waals surface area contributed by atoms with Crippen molar-refractivity contribution in [3.8, 4) is 5.75 Å². The molecule has 2 saturated heterocycles. The summed E-state index contributed by atoms with van der Waals surface area (Å²) in [7, 11) is 1.49. The third-order valence-electron chi connectivity index (χ3n) is 5.53. The molecular formula is C21H31FN4O4. The van der Waals surface area contributed by atoms with Crippen LogP contribution in [0, 0.1) is 5.82 Å². The molecule has 166 valence electrons. The van der Waals surface area contributed by atoms with Crippen LogP contribution in [-0.2, 0) is 20.9 Å². The lowest BCUT2D eigenvalue weighted by Gasteiger charge is -2.34. The second kappa shape index (κ2) is 11.2. The summed E-state index contributed by atoms with van der Waals surface area (Å²) in [4.78, 5) is 29.0. The van der Waals surface area contributed by atoms with Gasteiger partial charge in [-0.15, -0.1) is 0 Å². The van der Waals surface area contributed by atoms with Gasteiger partial charge in [0.2, 0.25) is 11.8 Å². The molecular weight excluding hydrogens is 391 g/mol. The number of nitrogens with one attached hydrogen (secondary N) is 2. The summed E-state index contributed by atoms with van der Waals surface area (Å²) in [6.07, 6.45) is 0.907. The Morgan fingerprint density at radius 2 is 2.13 bits per heavy atom. The molecule has 2 heterocycles. The number of halogens is 1. The zero-order valence-corrected chi connectivity index (χ0v) is 17.5. The van der Waals surface area contributed by atoms with Crippen LogP contribution in [0.2, 0.25) is 0 Å². The monoisotopic (exact) mass is 422 g/mol. The molecule has 30 heavy (non-hydrogen) atoms. The van der Waals surface area contributed by atoms with Gasteiger partial charge in [0.1, 0.15) is 11.6 Å². The van der Waals surface area contributed by atoms with Crippen molar-refractivity contribution < 1.29 is 23.5 Å². The third kappa shape index (κ3) is 6.38. The van der Waals surface area contributed by atoms with E-state index < -0.39 is 6.04 Å². The van der Waals surface area contributed by atoms with E-state index in [-0.39, 0.29) is 30.6 Å². The number of carbonyl (C=O) groups excluding carboxylic acids is 2. The van der Waals surface area contributed by atoms with Gasteiger partial charge in [-0.25, -0.2) is 4.39 Å². The Morgan fingerprint density at radius 1 is 1.33 bits per heavy atom. The first-order valence-electron chi connectivity index (χ1n) is 10.5. The zero-order chi connectivity index (χ0) is 21.3. The average Bonchev–Trinajstić information content (AvgIpc) is 2.75. The minimum absolute atomic E-state index is 0.0567. The van der Waals surface area contributed by atoms with E-state index in [9.17, 15) is 14.0 Å². The Balaban J connectivity index is 1.49. The second-order valence-corrected chi connectivity index (χ2v) is 7.60. The van der Waals surface area contributed by atoms with Gasteiger partial charge in [-0.3, -0.25) is 19.4 Å². The van der Waals surface area contributed by atoms with Gasteiger partial charge in [-0.2, -0.15) is 0 Å². The molecule has 2 aliphatic heterocycles. The zero-order valence-electron chi connectivity index (χ0n) is 17.5. The SMILES string of the molecule is COc1ccc(CN2CCNC(=O)[C@@H]2CC(=O)NCCCN2CCOCC2)c(F)c1. The van der Waals surface area contributed by atoms with Gasteiger partial charge in [0.05, 0.1) is 32.8 Å². The highest BCUT2D eigenvalue weighted by Crippen LogP contribution is 2.20. The minimum atomic E-state index is -0.612. The Morgan fingerprint density at radius 3 is 2.87 bits per heavy atom. The summed E-state index contributed by atoms with van der Waals surface area (Å²) in [5.41, 5.74) is 0.474. The molecule has 0 aromatic heterocycles. The summed E-state index contributed by atoms with van der Waals surface area (Å²) < 4.78 is 24.7. The number of hydrogen-bond acceptors (Lipinski definition) is 6. The standard InChI is InChI=1S/C21H31FN4O4/c1-29-17-4-3-16(18(22)13-17)15-26-8-6-24-21(28)19(26)14-20(27)23-5-2-7-25-9-11-30-12-10-25/h3-4,13,19H,2,5-12,14-15H2,1H3,(H,23,27)(H,24,28)/t19-/m0/s1. The van der Waals surface area contributed by atoms with Crippen LogP contribution in [0.25, 0.3) is 0 Å². The second-order valence-electron chi connectivity index (χ2n) is 7.60. The maximum Gasteiger partial charge on any atom is 0.237 e. The number of nitrogens with zero attached hydrogens (tertiary/aromatic N) is 2. The molecule has 2 aliphatic rings. The van der Waals surface area contributed by atoms with Crippen LogP contribution >= 0.6 is 0 Å². The molecule has 9 heteroatoms. The van der Waals surface area contributed by atoms with Crippen LogP contribution in [0.5, 0.6) is 5.75 Å². The molecule has 0 radical (unpaired) electrons. The van der Waals surface area contributed by atoms with Gasteiger partial charge < -0.3 is 20.1 Å². The topological polar surface area (TPSA) is 83.1 Å². The fourth-order valence-electron chi connectivity index (χ4n) is 3.78. The predicted molar refractivity (Wildman–Crippen MR) is 110 cm³/mol. The Kier molecular flexibility index (Phi) is 8.41. The first-order valence-corrected chi connectivity index (χ1v) is 10.5. The van der Waals surface area contributed by atoms with Crippen LogP contribution in [-0.4, -0.2) is 87.2 Å². The molecule has 2 fully saturated rings. The van der Waals surface area contributed by atoms with Gasteiger partial charge in [-0.1, -0.05) is 6.07 Å². The van der Waals surface area contributed by atoms with Gasteiger partial charge in [0.15, 0.2) is 0 Å². The fraction of sp³-hybridized carbons (Fsp3) is 0.619. The van der Waals surface area contributed by atoms with E-state index in [4.69, 9.17) is 9.47 Å². The van der Waals surface area contributed by atoms with Crippen molar-refractivity contribution in [1.29, 1.82) is 0 Å². The fourth-order valence-corrected chi connectivity index (χ4v) is 3.78. The number of ether oxygens (including phenoxy) is 2. The molecule has 0 bridgehead atoms. The molecule has 2 amide bonds. The largest absolute Gasteiger partial charge is 0.497 e. The van der Waals surface area contributed by atoms with E-state index in [0.29, 0.717) is 30.9 Å². The highest BCUT2D eigenvalue weighted by Gasteiger charge is 2.32. The highest BCUT2D eigenvalue weighted by atomic mass is 19.1. The maximum absolute atomic E-state index is 14.3. The minimum Gasteiger partial charge on any atom is -0.497 e. The van der Waals surface area contributed by atoms with Crippen molar-refractivity contribution in [2.24, 2.45) is 0 Å². The van der Waals surface area contributed by atoms with E-state index >= 15 is 0 Å². The van der Waals surface area contributed by atoms with E-state index in [1.54, 1.807) is 12.1 Å². The van der Waals surface area contributed by atoms with Crippen molar-refractivity contribution >= 4 is 11.8 Å². The smallest absolute Gasteiger partial charge is 0.237 e. The van der Waals surface area contributed by atoms with E-state index in [1.165, 1.54) is 13.2 Å². The van der Waals surface area contributed by atoms with Crippen molar-refractivity contribution in [3.05, 3.63) is 29.6 Å². The molecule has 0 unspecified atom stereocenters. The van der Waals surface area contributed by atoms with E-state index in [2.05, 4.69) is 15.5 Å². The number of rotatable bonds is 9. The molecule has 0 spiro atoms. The Bertz CT molecular complexity index is 727. The molecule has 1 aromatic rings. The molecule has 0 aliphatic carbocycles. The summed E-state index contributed by atoms with van der Waals surface area (Å²) in [5.74, 6) is -0.301. The van der Waals surface area contributed by atoms with E-state index in [1.807, 2.05) is 4.90 Å². The summed E-state index contributed by atoms with van der Waals surface area (Å²) in [6.45, 7) is 6.15. The Labute approximate surface area is 176 Å². The normalized spacial score (nSPS) is 20.6. The van der Waals surface area contributed by atoms with Gasteiger partial charge >= 0.3 is 0 Å². The summed E-state index contributed by atoms with van der Waals surface area (Å²) in [6, 6.07) is 4.07. The van der Waals surface area contributed by atoms with Crippen molar-refractivity contribution in [2.45, 2.75) is 25.4 Å². The van der Waals surface area contributed by atoms with Gasteiger partial charge in [0, 0.05) is 50.9 Å². The molecule has 8 nitrogen and oxygen atoms in total. The van der Waals surface area contributed by atoms with E-state index in [0.717, 1.165) is 39.3 Å². The van der Waals surface area contributed by atoms with Crippen LogP contribution in [0.1, 0.15) is 18.4 Å². The number of carbonyl (C=O) groups is 2. The lowest BCUT2D eigenvalue weighted by atomic mass is 10.1. The number of piperazine rings is 1. The highest BCUT2D eigenvalue weighted by molar-refractivity contribution is 5.88. The van der Waals surface area contributed by atoms with Gasteiger partial charge in [0.25, 0.3) is 0 Å². The van der Waals surface area contributed by atoms with Crippen molar-refractivity contribution in [1.82, 2.24) is 20.4 Å². The Hall–Kier alpha value is -2.23. The number of methoxy groups -OCH3 is 1. The molecule has 1 aromatic carbocycles. The van der Waals surface area contributed by atoms with Crippen molar-refractivity contribution in [2.75, 3.05) is 59.6 Å². The lowest BCUT2D eigenvalue weighted by Crippen LogP contribution is -2.56. The first kappa shape index (κ1) is 22.5. The average molecular weight is 423 g/mol. The number of amides is 2. The number of morpholine rings is 1. The van der Waals surface area contributed by atoms with Crippen LogP contribution in [0.4, 0.5) is 4.39 Å². The molecule has 2 N–H and O–H groups in total. The van der Waals surface area contributed by atoms with Crippen LogP contribution in [0.3, 0.4) is 0 Å². The summed E-state index contributed by atoms with van der Waals surface area (Å²) >= 11 is 0. The summed E-state index contributed by atoms with van der Waals surface area (Å²) in [5, 5.41) is 5.71. The van der Waals surface area contributed by atoms with Gasteiger partial charge in [-0.05, 0) is 19.0 Å². The number of benzene rings is 1. The quantitative estimate of drug-likeness (QED) is 0.560. The van der Waals surface area contributed by atoms with Crippen LogP contribution in [0.15, 0.2) is 18.2 Å². The number of hydrogen-bond donors (Lipinski definition) is 2. The third-order valence-corrected chi connectivity index (χ3v) is 5.53. The molecule has 3 rings (SSSR count). The maximum atomic E-state index is 14.3. The van der Waals surface area contributed by atoms with Crippen molar-refractivity contribution in [3.63, 3.8) is 0 Å². The lowest BCUT2D eigenvalue weighted by molar-refractivity contribution is -0.134. The van der Waals surface area contributed by atoms with Crippen LogP contribution < -0.4 is 15.4 Å². The first-order chi connectivity index (χ1) is 14.6.